The van der Waals surface area contributed by atoms with E-state index in [1.165, 1.54) is 5.69 Å². The molecule has 1 aromatic carbocycles. The summed E-state index contributed by atoms with van der Waals surface area (Å²) >= 11 is 0. The number of nitrogens with two attached hydrogens (primary N) is 1. The smallest absolute Gasteiger partial charge is 0.223 e. The Balaban J connectivity index is 1.36. The van der Waals surface area contributed by atoms with E-state index in [0.717, 1.165) is 35.1 Å². The number of nitrogens with zero attached hydrogens (tertiary/aromatic N) is 4. The molecule has 3 aromatic rings. The Labute approximate surface area is 162 Å². The number of primary amides is 1. The van der Waals surface area contributed by atoms with Crippen LogP contribution < -0.4 is 5.73 Å². The van der Waals surface area contributed by atoms with Crippen LogP contribution in [0.1, 0.15) is 25.0 Å². The van der Waals surface area contributed by atoms with Gasteiger partial charge in [-0.3, -0.25) is 19.3 Å². The van der Waals surface area contributed by atoms with Crippen molar-refractivity contribution in [2.45, 2.75) is 31.2 Å². The van der Waals surface area contributed by atoms with Gasteiger partial charge in [-0.15, -0.1) is 0 Å². The summed E-state index contributed by atoms with van der Waals surface area (Å²) in [5, 5.41) is 5.88. The van der Waals surface area contributed by atoms with Crippen molar-refractivity contribution in [3.63, 3.8) is 0 Å². The van der Waals surface area contributed by atoms with E-state index >= 15 is 0 Å². The highest BCUT2D eigenvalue weighted by Crippen LogP contribution is 2.44. The van der Waals surface area contributed by atoms with Crippen molar-refractivity contribution in [2.24, 2.45) is 5.73 Å². The van der Waals surface area contributed by atoms with E-state index in [1.807, 2.05) is 29.3 Å². The van der Waals surface area contributed by atoms with Crippen LogP contribution >= 0.6 is 0 Å². The maximum Gasteiger partial charge on any atom is 0.223 e. The minimum absolute atomic E-state index is 0.00124. The van der Waals surface area contributed by atoms with E-state index < -0.39 is 5.91 Å². The summed E-state index contributed by atoms with van der Waals surface area (Å²) in [4.78, 5) is 29.5. The van der Waals surface area contributed by atoms with Gasteiger partial charge < -0.3 is 10.6 Å². The minimum atomic E-state index is -0.434. The molecule has 2 aliphatic heterocycles. The van der Waals surface area contributed by atoms with Crippen LogP contribution in [0, 0.1) is 0 Å². The normalized spacial score (nSPS) is 16.9. The van der Waals surface area contributed by atoms with E-state index in [0.29, 0.717) is 13.1 Å². The van der Waals surface area contributed by atoms with Crippen LogP contribution in [0.2, 0.25) is 0 Å². The maximum atomic E-state index is 12.2. The monoisotopic (exact) mass is 375 g/mol. The van der Waals surface area contributed by atoms with Gasteiger partial charge in [0.15, 0.2) is 0 Å². The lowest BCUT2D eigenvalue weighted by Gasteiger charge is -2.47. The highest BCUT2D eigenvalue weighted by atomic mass is 16.2. The van der Waals surface area contributed by atoms with Gasteiger partial charge in [-0.2, -0.15) is 5.10 Å². The van der Waals surface area contributed by atoms with Crippen molar-refractivity contribution >= 4 is 22.7 Å². The summed E-state index contributed by atoms with van der Waals surface area (Å²) in [6, 6.07) is 12.3. The molecule has 28 heavy (non-hydrogen) atoms. The van der Waals surface area contributed by atoms with Crippen molar-refractivity contribution < 1.29 is 9.59 Å². The number of fused-ring (bicyclic) bond motifs is 3. The second-order valence-corrected chi connectivity index (χ2v) is 7.80. The first kappa shape index (κ1) is 16.9. The van der Waals surface area contributed by atoms with Crippen LogP contribution in [0.25, 0.3) is 22.2 Å². The van der Waals surface area contributed by atoms with Crippen molar-refractivity contribution in [3.8, 4) is 11.3 Å². The van der Waals surface area contributed by atoms with Gasteiger partial charge in [0.05, 0.1) is 11.2 Å². The van der Waals surface area contributed by atoms with Gasteiger partial charge in [0.2, 0.25) is 11.8 Å². The third kappa shape index (κ3) is 2.66. The van der Waals surface area contributed by atoms with Gasteiger partial charge in [0.25, 0.3) is 0 Å². The van der Waals surface area contributed by atoms with Crippen LogP contribution in [0.5, 0.6) is 0 Å². The molecule has 7 heteroatoms. The highest BCUT2D eigenvalue weighted by molar-refractivity contribution is 5.84. The zero-order valence-electron chi connectivity index (χ0n) is 15.5. The summed E-state index contributed by atoms with van der Waals surface area (Å²) < 4.78 is 2.07. The summed E-state index contributed by atoms with van der Waals surface area (Å²) in [5.41, 5.74) is 9.22. The van der Waals surface area contributed by atoms with Crippen LogP contribution in [0.4, 0.5) is 0 Å². The number of hydrogen-bond acceptors (Lipinski definition) is 4. The lowest BCUT2D eigenvalue weighted by molar-refractivity contribution is -0.140. The average molecular weight is 375 g/mol. The molecule has 142 valence electrons. The van der Waals surface area contributed by atoms with E-state index in [9.17, 15) is 9.59 Å². The molecule has 1 fully saturated rings. The van der Waals surface area contributed by atoms with Gasteiger partial charge in [0, 0.05) is 60.7 Å². The quantitative estimate of drug-likeness (QED) is 0.753. The molecule has 2 N–H and O–H groups in total. The molecule has 0 aliphatic carbocycles. The van der Waals surface area contributed by atoms with E-state index in [4.69, 9.17) is 10.8 Å². The first-order valence-corrected chi connectivity index (χ1v) is 9.54. The van der Waals surface area contributed by atoms with Crippen molar-refractivity contribution in [3.05, 3.63) is 48.3 Å². The van der Waals surface area contributed by atoms with E-state index in [2.05, 4.69) is 27.9 Å². The van der Waals surface area contributed by atoms with Crippen molar-refractivity contribution in [2.75, 3.05) is 13.1 Å². The molecule has 1 saturated heterocycles. The Hall–Kier alpha value is -3.22. The largest absolute Gasteiger partial charge is 0.370 e. The SMILES string of the molecule is NC(=O)CCC(=O)N1CC2(CCn3nc(-c4cnc5ccccc5c4)cc32)C1. The first-order valence-electron chi connectivity index (χ1n) is 9.54. The number of para-hydroxylation sites is 1. The standard InChI is InChI=1S/C21H21N5O2/c22-19(27)5-6-20(28)25-12-21(13-25)7-8-26-18(21)10-17(24-26)15-9-14-3-1-2-4-16(14)23-11-15/h1-4,9-11H,5-8,12-13H2,(H2,22,27). The number of pyridine rings is 1. The van der Waals surface area contributed by atoms with Crippen LogP contribution in [-0.4, -0.2) is 44.6 Å². The number of likely N-dealkylation sites (tertiary alicyclic amines) is 1. The third-order valence-electron chi connectivity index (χ3n) is 5.94. The van der Waals surface area contributed by atoms with Gasteiger partial charge in [0.1, 0.15) is 0 Å². The van der Waals surface area contributed by atoms with Crippen LogP contribution in [0.15, 0.2) is 42.6 Å². The first-order chi connectivity index (χ1) is 13.5. The lowest BCUT2D eigenvalue weighted by atomic mass is 9.75. The number of rotatable bonds is 4. The molecular formula is C21H21N5O2. The predicted octanol–water partition coefficient (Wildman–Crippen LogP) is 1.85. The Bertz CT molecular complexity index is 1100. The van der Waals surface area contributed by atoms with Crippen molar-refractivity contribution in [1.82, 2.24) is 19.7 Å². The summed E-state index contributed by atoms with van der Waals surface area (Å²) in [6.07, 6.45) is 3.16. The molecule has 2 aliphatic rings. The minimum Gasteiger partial charge on any atom is -0.370 e. The average Bonchev–Trinajstić information content (AvgIpc) is 3.23. The van der Waals surface area contributed by atoms with Gasteiger partial charge in [-0.25, -0.2) is 0 Å². The predicted molar refractivity (Wildman–Crippen MR) is 104 cm³/mol. The molecule has 0 radical (unpaired) electrons. The fourth-order valence-electron chi connectivity index (χ4n) is 4.38. The molecule has 7 nitrogen and oxygen atoms in total. The summed E-state index contributed by atoms with van der Waals surface area (Å²) in [6.45, 7) is 2.23. The third-order valence-corrected chi connectivity index (χ3v) is 5.94. The molecule has 2 amide bonds. The molecule has 5 rings (SSSR count). The molecule has 0 unspecified atom stereocenters. The number of carbonyl (C=O) groups excluding carboxylic acids is 2. The van der Waals surface area contributed by atoms with Gasteiger partial charge in [-0.05, 0) is 24.6 Å². The second kappa shape index (κ2) is 6.15. The summed E-state index contributed by atoms with van der Waals surface area (Å²) in [7, 11) is 0. The van der Waals surface area contributed by atoms with Gasteiger partial charge >= 0.3 is 0 Å². The molecule has 0 atom stereocenters. The number of carbonyl (C=O) groups is 2. The highest BCUT2D eigenvalue weighted by Gasteiger charge is 2.51. The van der Waals surface area contributed by atoms with Gasteiger partial charge in [-0.1, -0.05) is 18.2 Å². The molecule has 4 heterocycles. The van der Waals surface area contributed by atoms with Crippen LogP contribution in [0.3, 0.4) is 0 Å². The topological polar surface area (TPSA) is 94.1 Å². The van der Waals surface area contributed by atoms with E-state index in [1.54, 1.807) is 0 Å². The Kier molecular flexibility index (Phi) is 3.72. The summed E-state index contributed by atoms with van der Waals surface area (Å²) in [5.74, 6) is -0.433. The number of aryl methyl sites for hydroxylation is 1. The van der Waals surface area contributed by atoms with Crippen molar-refractivity contribution in [1.29, 1.82) is 0 Å². The molecule has 2 aromatic heterocycles. The zero-order chi connectivity index (χ0) is 19.3. The molecule has 1 spiro atoms. The number of aromatic nitrogens is 3. The fourth-order valence-corrected chi connectivity index (χ4v) is 4.38. The number of hydrogen-bond donors (Lipinski definition) is 1. The Morgan fingerprint density at radius 1 is 1.14 bits per heavy atom. The molecular weight excluding hydrogens is 354 g/mol. The molecule has 0 saturated carbocycles. The Morgan fingerprint density at radius 2 is 1.96 bits per heavy atom. The second-order valence-electron chi connectivity index (χ2n) is 7.80. The number of amides is 2. The number of benzene rings is 1. The zero-order valence-corrected chi connectivity index (χ0v) is 15.5. The Morgan fingerprint density at radius 3 is 2.79 bits per heavy atom. The fraction of sp³-hybridized carbons (Fsp3) is 0.333. The molecule has 0 bridgehead atoms. The van der Waals surface area contributed by atoms with E-state index in [-0.39, 0.29) is 24.2 Å². The van der Waals surface area contributed by atoms with Crippen LogP contribution in [-0.2, 0) is 21.5 Å². The lowest BCUT2D eigenvalue weighted by Crippen LogP contribution is -2.60. The maximum absolute atomic E-state index is 12.2.